The van der Waals surface area contributed by atoms with Crippen LogP contribution in [0.2, 0.25) is 0 Å². The first-order valence-corrected chi connectivity index (χ1v) is 4.78. The Morgan fingerprint density at radius 1 is 1.80 bits per heavy atom. The molecule has 1 fully saturated rings. The molecule has 0 bridgehead atoms. The zero-order valence-electron chi connectivity index (χ0n) is 6.29. The number of thioether (sulfide) groups is 1. The van der Waals surface area contributed by atoms with Crippen LogP contribution in [0, 0.1) is 5.92 Å². The molecule has 3 N–H and O–H groups in total. The molecular weight excluding hydrogens is 146 g/mol. The second-order valence-corrected chi connectivity index (χ2v) is 4.36. The van der Waals surface area contributed by atoms with Crippen molar-refractivity contribution >= 4 is 11.8 Å². The molecule has 10 heavy (non-hydrogen) atoms. The summed E-state index contributed by atoms with van der Waals surface area (Å²) in [4.78, 5) is 0. The van der Waals surface area contributed by atoms with E-state index in [0.717, 1.165) is 0 Å². The summed E-state index contributed by atoms with van der Waals surface area (Å²) in [7, 11) is 0. The zero-order chi connectivity index (χ0) is 7.56. The average Bonchev–Trinajstić information content (AvgIpc) is 2.34. The van der Waals surface area contributed by atoms with Crippen molar-refractivity contribution in [1.82, 2.24) is 0 Å². The van der Waals surface area contributed by atoms with E-state index < -0.39 is 0 Å². The van der Waals surface area contributed by atoms with Gasteiger partial charge in [-0.15, -0.1) is 0 Å². The highest BCUT2D eigenvalue weighted by Crippen LogP contribution is 2.33. The summed E-state index contributed by atoms with van der Waals surface area (Å²) in [5, 5.41) is 9.42. The number of hydrogen-bond donors (Lipinski definition) is 2. The van der Waals surface area contributed by atoms with Crippen LogP contribution in [0.5, 0.6) is 0 Å². The van der Waals surface area contributed by atoms with Gasteiger partial charge >= 0.3 is 0 Å². The van der Waals surface area contributed by atoms with E-state index in [1.54, 1.807) is 0 Å². The molecule has 1 aliphatic rings. The van der Waals surface area contributed by atoms with Crippen molar-refractivity contribution in [3.63, 3.8) is 0 Å². The summed E-state index contributed by atoms with van der Waals surface area (Å²) < 4.78 is 0. The van der Waals surface area contributed by atoms with Crippen molar-refractivity contribution in [3.8, 4) is 0 Å². The number of nitrogens with two attached hydrogens (primary N) is 1. The van der Waals surface area contributed by atoms with Crippen molar-refractivity contribution in [2.24, 2.45) is 11.7 Å². The topological polar surface area (TPSA) is 46.2 Å². The first kappa shape index (κ1) is 8.37. The highest BCUT2D eigenvalue weighted by atomic mass is 32.2. The van der Waals surface area contributed by atoms with Crippen LogP contribution in [0.3, 0.4) is 0 Å². The zero-order valence-corrected chi connectivity index (χ0v) is 7.10. The lowest BCUT2D eigenvalue weighted by Gasteiger charge is -2.19. The highest BCUT2D eigenvalue weighted by molar-refractivity contribution is 8.00. The van der Waals surface area contributed by atoms with Crippen molar-refractivity contribution < 1.29 is 5.11 Å². The Morgan fingerprint density at radius 2 is 2.50 bits per heavy atom. The van der Waals surface area contributed by atoms with E-state index in [4.69, 9.17) is 10.8 Å². The summed E-state index contributed by atoms with van der Waals surface area (Å²) >= 11 is 1.96. The molecule has 0 saturated carbocycles. The van der Waals surface area contributed by atoms with Gasteiger partial charge in [-0.25, -0.2) is 0 Å². The number of aliphatic hydroxyl groups excluding tert-OH is 1. The lowest BCUT2D eigenvalue weighted by Crippen LogP contribution is -2.36. The number of aliphatic hydroxyl groups is 1. The van der Waals surface area contributed by atoms with Crippen LogP contribution in [0.15, 0.2) is 0 Å². The summed E-state index contributed by atoms with van der Waals surface area (Å²) in [5.74, 6) is 1.74. The van der Waals surface area contributed by atoms with E-state index in [2.05, 4.69) is 6.92 Å². The first-order valence-electron chi connectivity index (χ1n) is 3.73. The van der Waals surface area contributed by atoms with E-state index in [1.807, 2.05) is 11.8 Å². The maximum atomic E-state index is 8.78. The number of hydrogen-bond acceptors (Lipinski definition) is 3. The minimum Gasteiger partial charge on any atom is -0.395 e. The fourth-order valence-corrected chi connectivity index (χ4v) is 2.81. The van der Waals surface area contributed by atoms with Crippen molar-refractivity contribution in [2.75, 3.05) is 12.4 Å². The fourth-order valence-electron chi connectivity index (χ4n) is 1.45. The molecular formula is C7H15NOS. The molecule has 1 saturated heterocycles. The summed E-state index contributed by atoms with van der Waals surface area (Å²) in [6, 6.07) is 0.00463. The van der Waals surface area contributed by atoms with Crippen LogP contribution in [-0.4, -0.2) is 28.8 Å². The van der Waals surface area contributed by atoms with E-state index in [9.17, 15) is 0 Å². The van der Waals surface area contributed by atoms with Crippen LogP contribution >= 0.6 is 11.8 Å². The molecule has 0 radical (unpaired) electrons. The second-order valence-electron chi connectivity index (χ2n) is 2.87. The SMILES string of the molecule is CC1SCCC1C(N)CO. The van der Waals surface area contributed by atoms with Crippen LogP contribution < -0.4 is 5.73 Å². The van der Waals surface area contributed by atoms with E-state index in [-0.39, 0.29) is 12.6 Å². The minimum atomic E-state index is 0.00463. The summed E-state index contributed by atoms with van der Waals surface area (Å²) in [5.41, 5.74) is 5.71. The lowest BCUT2D eigenvalue weighted by molar-refractivity contribution is 0.226. The maximum Gasteiger partial charge on any atom is 0.0585 e. The van der Waals surface area contributed by atoms with Gasteiger partial charge in [0.1, 0.15) is 0 Å². The van der Waals surface area contributed by atoms with Gasteiger partial charge in [-0.2, -0.15) is 11.8 Å². The summed E-state index contributed by atoms with van der Waals surface area (Å²) in [6.45, 7) is 2.33. The highest BCUT2D eigenvalue weighted by Gasteiger charge is 2.28. The fraction of sp³-hybridized carbons (Fsp3) is 1.00. The molecule has 1 rings (SSSR count). The monoisotopic (exact) mass is 161 g/mol. The van der Waals surface area contributed by atoms with E-state index >= 15 is 0 Å². The van der Waals surface area contributed by atoms with Gasteiger partial charge in [0.15, 0.2) is 0 Å². The van der Waals surface area contributed by atoms with Crippen molar-refractivity contribution in [2.45, 2.75) is 24.6 Å². The third-order valence-electron chi connectivity index (χ3n) is 2.20. The van der Waals surface area contributed by atoms with Crippen LogP contribution in [-0.2, 0) is 0 Å². The van der Waals surface area contributed by atoms with Crippen LogP contribution in [0.1, 0.15) is 13.3 Å². The van der Waals surface area contributed by atoms with Gasteiger partial charge in [-0.1, -0.05) is 6.92 Å². The predicted octanol–water partition coefficient (Wildman–Crippen LogP) is 0.448. The third-order valence-corrected chi connectivity index (χ3v) is 3.54. The van der Waals surface area contributed by atoms with Gasteiger partial charge in [0, 0.05) is 11.3 Å². The molecule has 3 atom stereocenters. The van der Waals surface area contributed by atoms with Crippen LogP contribution in [0.4, 0.5) is 0 Å². The molecule has 0 aliphatic carbocycles. The van der Waals surface area contributed by atoms with Crippen molar-refractivity contribution in [3.05, 3.63) is 0 Å². The van der Waals surface area contributed by atoms with Gasteiger partial charge < -0.3 is 10.8 Å². The van der Waals surface area contributed by atoms with Gasteiger partial charge in [0.2, 0.25) is 0 Å². The van der Waals surface area contributed by atoms with E-state index in [0.29, 0.717) is 11.2 Å². The largest absolute Gasteiger partial charge is 0.395 e. The molecule has 0 aromatic carbocycles. The van der Waals surface area contributed by atoms with Crippen LogP contribution in [0.25, 0.3) is 0 Å². The smallest absolute Gasteiger partial charge is 0.0585 e. The molecule has 2 nitrogen and oxygen atoms in total. The lowest BCUT2D eigenvalue weighted by atomic mass is 9.95. The molecule has 0 aromatic rings. The van der Waals surface area contributed by atoms with Gasteiger partial charge in [0.05, 0.1) is 6.61 Å². The van der Waals surface area contributed by atoms with E-state index in [1.165, 1.54) is 12.2 Å². The predicted molar refractivity (Wildman–Crippen MR) is 45.1 cm³/mol. The van der Waals surface area contributed by atoms with Gasteiger partial charge in [-0.05, 0) is 18.1 Å². The molecule has 0 amide bonds. The second kappa shape index (κ2) is 3.60. The third kappa shape index (κ3) is 1.65. The molecule has 1 heterocycles. The summed E-state index contributed by atoms with van der Waals surface area (Å²) in [6.07, 6.45) is 1.17. The first-order chi connectivity index (χ1) is 4.75. The quantitative estimate of drug-likeness (QED) is 0.618. The Labute approximate surface area is 66.2 Å². The Kier molecular flexibility index (Phi) is 3.01. The van der Waals surface area contributed by atoms with Gasteiger partial charge in [0.25, 0.3) is 0 Å². The number of rotatable bonds is 2. The molecule has 3 unspecified atom stereocenters. The standard InChI is InChI=1S/C7H15NOS/c1-5-6(2-3-10-5)7(8)4-9/h5-7,9H,2-4,8H2,1H3. The molecule has 0 spiro atoms. The molecule has 60 valence electrons. The Hall–Kier alpha value is 0.270. The normalized spacial score (nSPS) is 36.3. The van der Waals surface area contributed by atoms with Gasteiger partial charge in [-0.3, -0.25) is 0 Å². The Morgan fingerprint density at radius 3 is 2.90 bits per heavy atom. The molecule has 0 aromatic heterocycles. The molecule has 1 aliphatic heterocycles. The molecule has 3 heteroatoms. The Bertz CT molecular complexity index is 110. The maximum absolute atomic E-state index is 8.78. The average molecular weight is 161 g/mol. The Balaban J connectivity index is 2.38. The minimum absolute atomic E-state index is 0.00463. The van der Waals surface area contributed by atoms with Crippen molar-refractivity contribution in [1.29, 1.82) is 0 Å².